The summed E-state index contributed by atoms with van der Waals surface area (Å²) in [5.74, 6) is 0.274. The minimum atomic E-state index is -0.229. The molecule has 1 atom stereocenters. The second-order valence-corrected chi connectivity index (χ2v) is 8.11. The molecule has 0 bridgehead atoms. The van der Waals surface area contributed by atoms with Gasteiger partial charge in [0.2, 0.25) is 0 Å². The van der Waals surface area contributed by atoms with E-state index in [1.807, 2.05) is 42.6 Å². The van der Waals surface area contributed by atoms with Crippen LogP contribution < -0.4 is 5.32 Å². The minimum absolute atomic E-state index is 0.157. The van der Waals surface area contributed by atoms with E-state index in [9.17, 15) is 4.79 Å². The molecule has 0 aliphatic carbocycles. The number of nitrogens with zero attached hydrogens (tertiary/aromatic N) is 3. The van der Waals surface area contributed by atoms with E-state index in [-0.39, 0.29) is 11.8 Å². The Labute approximate surface area is 181 Å². The highest BCUT2D eigenvalue weighted by atomic mass is 35.5. The molecule has 1 N–H and O–H groups in total. The van der Waals surface area contributed by atoms with Gasteiger partial charge in [-0.3, -0.25) is 9.78 Å². The zero-order chi connectivity index (χ0) is 21.0. The number of amides is 1. The number of benzene rings is 1. The largest absolute Gasteiger partial charge is 0.351 e. The van der Waals surface area contributed by atoms with Crippen molar-refractivity contribution in [2.75, 3.05) is 6.54 Å². The topological polar surface area (TPSA) is 59.8 Å². The van der Waals surface area contributed by atoms with Gasteiger partial charge in [0.1, 0.15) is 5.15 Å². The Morgan fingerprint density at radius 3 is 2.59 bits per heavy atom. The average Bonchev–Trinajstić information content (AvgIpc) is 2.97. The molecular formula is C22H24Cl2N4O. The molecule has 0 spiro atoms. The van der Waals surface area contributed by atoms with E-state index >= 15 is 0 Å². The van der Waals surface area contributed by atoms with E-state index in [0.717, 1.165) is 11.1 Å². The molecule has 2 aromatic heterocycles. The fourth-order valence-electron chi connectivity index (χ4n) is 3.33. The van der Waals surface area contributed by atoms with E-state index in [1.54, 1.807) is 17.8 Å². The van der Waals surface area contributed by atoms with Crippen LogP contribution in [0.4, 0.5) is 0 Å². The summed E-state index contributed by atoms with van der Waals surface area (Å²) in [6, 6.07) is 11.4. The number of rotatable bonds is 7. The molecular weight excluding hydrogens is 407 g/mol. The van der Waals surface area contributed by atoms with Gasteiger partial charge in [-0.25, -0.2) is 4.68 Å². The van der Waals surface area contributed by atoms with Crippen LogP contribution in [0.2, 0.25) is 10.2 Å². The number of aryl methyl sites for hydroxylation is 1. The summed E-state index contributed by atoms with van der Waals surface area (Å²) >= 11 is 12.7. The predicted octanol–water partition coefficient (Wildman–Crippen LogP) is 5.11. The highest BCUT2D eigenvalue weighted by molar-refractivity contribution is 6.33. The van der Waals surface area contributed by atoms with Gasteiger partial charge < -0.3 is 5.32 Å². The molecule has 1 amide bonds. The number of pyridine rings is 1. The van der Waals surface area contributed by atoms with Crippen LogP contribution >= 0.6 is 23.2 Å². The highest BCUT2D eigenvalue weighted by Gasteiger charge is 2.23. The molecule has 0 aliphatic heterocycles. The Morgan fingerprint density at radius 1 is 1.17 bits per heavy atom. The van der Waals surface area contributed by atoms with Crippen molar-refractivity contribution in [2.24, 2.45) is 5.92 Å². The Bertz CT molecular complexity index is 986. The predicted molar refractivity (Wildman–Crippen MR) is 117 cm³/mol. The molecule has 1 aromatic carbocycles. The molecule has 3 aromatic rings. The molecule has 7 heteroatoms. The lowest BCUT2D eigenvalue weighted by Crippen LogP contribution is -2.30. The van der Waals surface area contributed by atoms with Crippen LogP contribution in [0.3, 0.4) is 0 Å². The van der Waals surface area contributed by atoms with Crippen molar-refractivity contribution in [3.8, 4) is 0 Å². The number of halogens is 2. The standard InChI is InChI=1S/C22H24Cl2N4O/c1-14(2)18(16-8-6-10-25-11-16)12-26-22(29)20-15(3)27-28(21(20)24)13-17-7-4-5-9-19(17)23/h4-11,14,18H,12-13H2,1-3H3,(H,26,29). The van der Waals surface area contributed by atoms with E-state index in [1.165, 1.54) is 0 Å². The van der Waals surface area contributed by atoms with Gasteiger partial charge >= 0.3 is 0 Å². The van der Waals surface area contributed by atoms with Crippen molar-refractivity contribution in [3.05, 3.63) is 81.4 Å². The summed E-state index contributed by atoms with van der Waals surface area (Å²) in [4.78, 5) is 17.1. The van der Waals surface area contributed by atoms with Crippen molar-refractivity contribution in [1.82, 2.24) is 20.1 Å². The summed E-state index contributed by atoms with van der Waals surface area (Å²) in [5, 5.41) is 8.41. The third-order valence-electron chi connectivity index (χ3n) is 4.97. The summed E-state index contributed by atoms with van der Waals surface area (Å²) in [7, 11) is 0. The molecule has 0 fully saturated rings. The highest BCUT2D eigenvalue weighted by Crippen LogP contribution is 2.25. The van der Waals surface area contributed by atoms with Crippen molar-refractivity contribution in [3.63, 3.8) is 0 Å². The van der Waals surface area contributed by atoms with Crippen LogP contribution in [0.1, 0.15) is 46.9 Å². The van der Waals surface area contributed by atoms with Crippen LogP contribution in [-0.4, -0.2) is 27.2 Å². The maximum absolute atomic E-state index is 12.9. The molecule has 2 heterocycles. The van der Waals surface area contributed by atoms with Gasteiger partial charge in [-0.2, -0.15) is 5.10 Å². The van der Waals surface area contributed by atoms with Gasteiger partial charge in [-0.1, -0.05) is 61.3 Å². The summed E-state index contributed by atoms with van der Waals surface area (Å²) in [5.41, 5.74) is 2.97. The smallest absolute Gasteiger partial charge is 0.256 e. The van der Waals surface area contributed by atoms with Crippen molar-refractivity contribution >= 4 is 29.1 Å². The summed E-state index contributed by atoms with van der Waals surface area (Å²) in [6.45, 7) is 6.93. The van der Waals surface area contributed by atoms with Crippen molar-refractivity contribution in [2.45, 2.75) is 33.2 Å². The van der Waals surface area contributed by atoms with Gasteiger partial charge in [0, 0.05) is 29.9 Å². The molecule has 0 aliphatic rings. The number of nitrogens with one attached hydrogen (secondary N) is 1. The van der Waals surface area contributed by atoms with Gasteiger partial charge in [-0.05, 0) is 36.1 Å². The Kier molecular flexibility index (Phi) is 6.93. The van der Waals surface area contributed by atoms with Gasteiger partial charge in [-0.15, -0.1) is 0 Å². The number of hydrogen-bond donors (Lipinski definition) is 1. The lowest BCUT2D eigenvalue weighted by atomic mass is 9.89. The quantitative estimate of drug-likeness (QED) is 0.566. The first-order valence-electron chi connectivity index (χ1n) is 9.53. The van der Waals surface area contributed by atoms with Gasteiger partial charge in [0.05, 0.1) is 17.8 Å². The third-order valence-corrected chi connectivity index (χ3v) is 5.72. The first-order chi connectivity index (χ1) is 13.9. The monoisotopic (exact) mass is 430 g/mol. The average molecular weight is 431 g/mol. The minimum Gasteiger partial charge on any atom is -0.351 e. The molecule has 3 rings (SSSR count). The lowest BCUT2D eigenvalue weighted by Gasteiger charge is -2.21. The number of aromatic nitrogens is 3. The second kappa shape index (κ2) is 9.42. The van der Waals surface area contributed by atoms with Crippen molar-refractivity contribution in [1.29, 1.82) is 0 Å². The zero-order valence-electron chi connectivity index (χ0n) is 16.7. The molecule has 0 saturated heterocycles. The SMILES string of the molecule is Cc1nn(Cc2ccccc2Cl)c(Cl)c1C(=O)NCC(c1cccnc1)C(C)C. The van der Waals surface area contributed by atoms with Gasteiger partial charge in [0.15, 0.2) is 0 Å². The lowest BCUT2D eigenvalue weighted by molar-refractivity contribution is 0.0948. The molecule has 0 radical (unpaired) electrons. The number of carbonyl (C=O) groups is 1. The summed E-state index contributed by atoms with van der Waals surface area (Å²) in [6.07, 6.45) is 3.59. The Balaban J connectivity index is 1.76. The van der Waals surface area contributed by atoms with Crippen molar-refractivity contribution < 1.29 is 4.79 Å². The normalized spacial score (nSPS) is 12.2. The second-order valence-electron chi connectivity index (χ2n) is 7.35. The summed E-state index contributed by atoms with van der Waals surface area (Å²) < 4.78 is 1.61. The maximum atomic E-state index is 12.9. The zero-order valence-corrected chi connectivity index (χ0v) is 18.2. The first kappa shape index (κ1) is 21.3. The molecule has 0 saturated carbocycles. The third kappa shape index (κ3) is 4.98. The van der Waals surface area contributed by atoms with E-state index in [4.69, 9.17) is 23.2 Å². The Hall–Kier alpha value is -2.37. The van der Waals surface area contributed by atoms with Crippen LogP contribution in [0.25, 0.3) is 0 Å². The van der Waals surface area contributed by atoms with Gasteiger partial charge in [0.25, 0.3) is 5.91 Å². The number of carbonyl (C=O) groups excluding carboxylic acids is 1. The van der Waals surface area contributed by atoms with Crippen LogP contribution in [0.5, 0.6) is 0 Å². The first-order valence-corrected chi connectivity index (χ1v) is 10.3. The fourth-order valence-corrected chi connectivity index (χ4v) is 3.84. The fraction of sp³-hybridized carbons (Fsp3) is 0.318. The maximum Gasteiger partial charge on any atom is 0.256 e. The van der Waals surface area contributed by atoms with Crippen LogP contribution in [0, 0.1) is 12.8 Å². The van der Waals surface area contributed by atoms with Crippen LogP contribution in [-0.2, 0) is 6.54 Å². The van der Waals surface area contributed by atoms with E-state index in [2.05, 4.69) is 29.2 Å². The Morgan fingerprint density at radius 2 is 1.93 bits per heavy atom. The molecule has 152 valence electrons. The molecule has 29 heavy (non-hydrogen) atoms. The van der Waals surface area contributed by atoms with E-state index in [0.29, 0.717) is 40.4 Å². The molecule has 5 nitrogen and oxygen atoms in total. The molecule has 1 unspecified atom stereocenters. The van der Waals surface area contributed by atoms with Crippen LogP contribution in [0.15, 0.2) is 48.8 Å². The number of hydrogen-bond acceptors (Lipinski definition) is 3. The van der Waals surface area contributed by atoms with E-state index < -0.39 is 0 Å².